The fourth-order valence-electron chi connectivity index (χ4n) is 3.55. The summed E-state index contributed by atoms with van der Waals surface area (Å²) >= 11 is 0. The zero-order valence-electron chi connectivity index (χ0n) is 12.9. The SMILES string of the molecule is CC1(O)CCN(CC2(CNC3CC3)CCCOC2)CC1. The van der Waals surface area contributed by atoms with E-state index >= 15 is 0 Å². The first kappa shape index (κ1) is 14.8. The maximum absolute atomic E-state index is 10.1. The number of piperidine rings is 1. The first-order valence-corrected chi connectivity index (χ1v) is 8.33. The number of ether oxygens (including phenoxy) is 1. The summed E-state index contributed by atoms with van der Waals surface area (Å²) in [6.45, 7) is 8.09. The van der Waals surface area contributed by atoms with Gasteiger partial charge in [0, 0.05) is 44.2 Å². The van der Waals surface area contributed by atoms with E-state index in [0.29, 0.717) is 5.41 Å². The van der Waals surface area contributed by atoms with Crippen LogP contribution in [0.15, 0.2) is 0 Å². The van der Waals surface area contributed by atoms with Gasteiger partial charge in [-0.1, -0.05) is 0 Å². The van der Waals surface area contributed by atoms with Crippen molar-refractivity contribution in [2.24, 2.45) is 5.41 Å². The molecule has 3 aliphatic rings. The largest absolute Gasteiger partial charge is 0.390 e. The van der Waals surface area contributed by atoms with Crippen LogP contribution in [0.1, 0.15) is 45.4 Å². The lowest BCUT2D eigenvalue weighted by atomic mass is 9.80. The molecule has 1 unspecified atom stereocenters. The summed E-state index contributed by atoms with van der Waals surface area (Å²) in [6, 6.07) is 0.774. The van der Waals surface area contributed by atoms with E-state index in [1.165, 1.54) is 25.7 Å². The second-order valence-electron chi connectivity index (χ2n) is 7.58. The molecular weight excluding hydrogens is 252 g/mol. The molecule has 2 saturated heterocycles. The van der Waals surface area contributed by atoms with Crippen molar-refractivity contribution in [3.05, 3.63) is 0 Å². The predicted molar refractivity (Wildman–Crippen MR) is 79.8 cm³/mol. The number of likely N-dealkylation sites (tertiary alicyclic amines) is 1. The third-order valence-corrected chi connectivity index (χ3v) is 5.24. The molecule has 1 saturated carbocycles. The van der Waals surface area contributed by atoms with Gasteiger partial charge in [0.05, 0.1) is 12.2 Å². The molecule has 4 nitrogen and oxygen atoms in total. The van der Waals surface area contributed by atoms with E-state index in [0.717, 1.165) is 58.3 Å². The maximum atomic E-state index is 10.1. The Morgan fingerprint density at radius 1 is 1.25 bits per heavy atom. The Kier molecular flexibility index (Phi) is 4.37. The van der Waals surface area contributed by atoms with Gasteiger partial charge >= 0.3 is 0 Å². The monoisotopic (exact) mass is 282 g/mol. The summed E-state index contributed by atoms with van der Waals surface area (Å²) in [5.74, 6) is 0. The van der Waals surface area contributed by atoms with E-state index in [1.807, 2.05) is 6.92 Å². The van der Waals surface area contributed by atoms with Crippen LogP contribution < -0.4 is 5.32 Å². The molecule has 4 heteroatoms. The van der Waals surface area contributed by atoms with Crippen molar-refractivity contribution in [3.8, 4) is 0 Å². The maximum Gasteiger partial charge on any atom is 0.0644 e. The van der Waals surface area contributed by atoms with Crippen molar-refractivity contribution >= 4 is 0 Å². The zero-order valence-corrected chi connectivity index (χ0v) is 12.9. The molecule has 0 spiro atoms. The number of nitrogens with zero attached hydrogens (tertiary/aromatic N) is 1. The minimum atomic E-state index is -0.445. The molecule has 0 bridgehead atoms. The van der Waals surface area contributed by atoms with Crippen LogP contribution in [0.2, 0.25) is 0 Å². The van der Waals surface area contributed by atoms with Crippen molar-refractivity contribution in [3.63, 3.8) is 0 Å². The fraction of sp³-hybridized carbons (Fsp3) is 1.00. The quantitative estimate of drug-likeness (QED) is 0.800. The standard InChI is InChI=1S/C16H30N2O2/c1-15(19)6-8-18(9-7-15)12-16(5-2-10-20-13-16)11-17-14-3-4-14/h14,17,19H,2-13H2,1H3. The summed E-state index contributed by atoms with van der Waals surface area (Å²) in [4.78, 5) is 2.54. The van der Waals surface area contributed by atoms with E-state index in [9.17, 15) is 5.11 Å². The van der Waals surface area contributed by atoms with Crippen molar-refractivity contribution in [2.75, 3.05) is 39.4 Å². The van der Waals surface area contributed by atoms with E-state index in [4.69, 9.17) is 4.74 Å². The lowest BCUT2D eigenvalue weighted by Crippen LogP contribution is -2.52. The average Bonchev–Trinajstić information content (AvgIpc) is 3.25. The van der Waals surface area contributed by atoms with Crippen LogP contribution in [-0.4, -0.2) is 61.0 Å². The minimum Gasteiger partial charge on any atom is -0.390 e. The zero-order chi connectivity index (χ0) is 14.1. The molecule has 2 N–H and O–H groups in total. The lowest BCUT2D eigenvalue weighted by Gasteiger charge is -2.44. The highest BCUT2D eigenvalue weighted by molar-refractivity contribution is 4.93. The number of nitrogens with one attached hydrogen (secondary N) is 1. The van der Waals surface area contributed by atoms with E-state index in [2.05, 4.69) is 10.2 Å². The average molecular weight is 282 g/mol. The Labute approximate surface area is 122 Å². The van der Waals surface area contributed by atoms with Gasteiger partial charge in [0.25, 0.3) is 0 Å². The normalized spacial score (nSPS) is 35.1. The van der Waals surface area contributed by atoms with E-state index < -0.39 is 5.60 Å². The number of hydrogen-bond acceptors (Lipinski definition) is 4. The van der Waals surface area contributed by atoms with Crippen LogP contribution >= 0.6 is 0 Å². The highest BCUT2D eigenvalue weighted by atomic mass is 16.5. The lowest BCUT2D eigenvalue weighted by molar-refractivity contribution is -0.0510. The molecule has 1 aliphatic carbocycles. The molecule has 1 atom stereocenters. The molecule has 2 heterocycles. The van der Waals surface area contributed by atoms with Gasteiger partial charge in [-0.05, 0) is 45.4 Å². The summed E-state index contributed by atoms with van der Waals surface area (Å²) in [5, 5.41) is 13.8. The molecular formula is C16H30N2O2. The molecule has 20 heavy (non-hydrogen) atoms. The van der Waals surface area contributed by atoms with Crippen LogP contribution in [0.3, 0.4) is 0 Å². The number of hydrogen-bond donors (Lipinski definition) is 2. The van der Waals surface area contributed by atoms with Gasteiger partial charge < -0.3 is 20.1 Å². The summed E-state index contributed by atoms with van der Waals surface area (Å²) in [6.07, 6.45) is 6.98. The van der Waals surface area contributed by atoms with E-state index in [1.54, 1.807) is 0 Å². The molecule has 116 valence electrons. The highest BCUT2D eigenvalue weighted by Gasteiger charge is 2.38. The van der Waals surface area contributed by atoms with Gasteiger partial charge in [-0.15, -0.1) is 0 Å². The predicted octanol–water partition coefficient (Wildman–Crippen LogP) is 1.38. The smallest absolute Gasteiger partial charge is 0.0644 e. The van der Waals surface area contributed by atoms with Crippen molar-refractivity contribution < 1.29 is 9.84 Å². The number of rotatable bonds is 5. The third kappa shape index (κ3) is 3.94. The van der Waals surface area contributed by atoms with Crippen molar-refractivity contribution in [2.45, 2.75) is 57.1 Å². The molecule has 0 aromatic rings. The van der Waals surface area contributed by atoms with Crippen LogP contribution in [0.5, 0.6) is 0 Å². The molecule has 0 amide bonds. The van der Waals surface area contributed by atoms with Crippen LogP contribution in [0.25, 0.3) is 0 Å². The molecule has 0 aromatic heterocycles. The molecule has 0 radical (unpaired) electrons. The van der Waals surface area contributed by atoms with Crippen molar-refractivity contribution in [1.29, 1.82) is 0 Å². The topological polar surface area (TPSA) is 44.7 Å². The first-order valence-electron chi connectivity index (χ1n) is 8.33. The van der Waals surface area contributed by atoms with Gasteiger partial charge in [-0.3, -0.25) is 0 Å². The molecule has 3 rings (SSSR count). The Morgan fingerprint density at radius 2 is 2.00 bits per heavy atom. The van der Waals surface area contributed by atoms with Gasteiger partial charge in [-0.25, -0.2) is 0 Å². The second kappa shape index (κ2) is 5.91. The Hall–Kier alpha value is -0.160. The summed E-state index contributed by atoms with van der Waals surface area (Å²) in [7, 11) is 0. The van der Waals surface area contributed by atoms with E-state index in [-0.39, 0.29) is 0 Å². The van der Waals surface area contributed by atoms with Gasteiger partial charge in [0.15, 0.2) is 0 Å². The summed E-state index contributed by atoms with van der Waals surface area (Å²) < 4.78 is 5.80. The minimum absolute atomic E-state index is 0.296. The number of aliphatic hydroxyl groups is 1. The molecule has 2 aliphatic heterocycles. The first-order chi connectivity index (χ1) is 9.57. The highest BCUT2D eigenvalue weighted by Crippen LogP contribution is 2.32. The van der Waals surface area contributed by atoms with Crippen molar-refractivity contribution in [1.82, 2.24) is 10.2 Å². The van der Waals surface area contributed by atoms with Gasteiger partial charge in [0.2, 0.25) is 0 Å². The fourth-order valence-corrected chi connectivity index (χ4v) is 3.55. The van der Waals surface area contributed by atoms with Gasteiger partial charge in [0.1, 0.15) is 0 Å². The van der Waals surface area contributed by atoms with Gasteiger partial charge in [-0.2, -0.15) is 0 Å². The Balaban J connectivity index is 1.54. The van der Waals surface area contributed by atoms with Crippen LogP contribution in [0.4, 0.5) is 0 Å². The molecule has 3 fully saturated rings. The Morgan fingerprint density at radius 3 is 2.60 bits per heavy atom. The Bertz CT molecular complexity index is 312. The van der Waals surface area contributed by atoms with Crippen LogP contribution in [0, 0.1) is 5.41 Å². The summed E-state index contributed by atoms with van der Waals surface area (Å²) in [5.41, 5.74) is -0.150. The second-order valence-corrected chi connectivity index (χ2v) is 7.58. The third-order valence-electron chi connectivity index (χ3n) is 5.24. The van der Waals surface area contributed by atoms with Crippen LogP contribution in [-0.2, 0) is 4.74 Å². The molecule has 0 aromatic carbocycles.